The largest absolute Gasteiger partial charge is 0.467 e. The van der Waals surface area contributed by atoms with Crippen LogP contribution in [0.5, 0.6) is 0 Å². The van der Waals surface area contributed by atoms with Crippen molar-refractivity contribution >= 4 is 5.91 Å². The standard InChI is InChI=1S/C19H21F3N2O2/c20-19(21,22)16-7-5-15(6-8-16)18(25)24(13-17-4-2-10-26-17)12-14-3-1-9-23-11-14/h1-4,9-11,15-16H,5-8,12-13H2. The van der Waals surface area contributed by atoms with Crippen molar-refractivity contribution in [3.63, 3.8) is 0 Å². The lowest BCUT2D eigenvalue weighted by Crippen LogP contribution is -2.38. The number of rotatable bonds is 5. The first-order valence-electron chi connectivity index (χ1n) is 8.70. The van der Waals surface area contributed by atoms with E-state index in [1.807, 2.05) is 6.07 Å². The van der Waals surface area contributed by atoms with Crippen LogP contribution in [-0.4, -0.2) is 22.0 Å². The fourth-order valence-electron chi connectivity index (χ4n) is 3.44. The second kappa shape index (κ2) is 7.93. The van der Waals surface area contributed by atoms with Crippen molar-refractivity contribution < 1.29 is 22.4 Å². The molecule has 0 bridgehead atoms. The Balaban J connectivity index is 1.68. The van der Waals surface area contributed by atoms with Gasteiger partial charge in [-0.05, 0) is 49.4 Å². The number of furan rings is 1. The van der Waals surface area contributed by atoms with Gasteiger partial charge in [-0.25, -0.2) is 0 Å². The number of nitrogens with zero attached hydrogens (tertiary/aromatic N) is 2. The van der Waals surface area contributed by atoms with Gasteiger partial charge in [0.1, 0.15) is 5.76 Å². The molecule has 26 heavy (non-hydrogen) atoms. The van der Waals surface area contributed by atoms with E-state index in [1.165, 1.54) is 6.26 Å². The van der Waals surface area contributed by atoms with Gasteiger partial charge >= 0.3 is 6.18 Å². The third-order valence-electron chi connectivity index (χ3n) is 4.87. The summed E-state index contributed by atoms with van der Waals surface area (Å²) in [6, 6.07) is 7.19. The van der Waals surface area contributed by atoms with Gasteiger partial charge in [-0.1, -0.05) is 6.07 Å². The van der Waals surface area contributed by atoms with E-state index in [1.54, 1.807) is 35.5 Å². The minimum Gasteiger partial charge on any atom is -0.467 e. The molecule has 1 amide bonds. The maximum absolute atomic E-state index is 13.0. The Kier molecular flexibility index (Phi) is 5.64. The van der Waals surface area contributed by atoms with Gasteiger partial charge in [-0.3, -0.25) is 9.78 Å². The average Bonchev–Trinajstić information content (AvgIpc) is 3.14. The summed E-state index contributed by atoms with van der Waals surface area (Å²) in [5.74, 6) is -1.14. The molecular formula is C19H21F3N2O2. The van der Waals surface area contributed by atoms with Crippen LogP contribution in [-0.2, 0) is 17.9 Å². The molecule has 1 fully saturated rings. The predicted octanol–water partition coefficient (Wildman–Crippen LogP) is 4.57. The van der Waals surface area contributed by atoms with E-state index in [9.17, 15) is 18.0 Å². The second-order valence-corrected chi connectivity index (χ2v) is 6.73. The van der Waals surface area contributed by atoms with Gasteiger partial charge in [-0.2, -0.15) is 13.2 Å². The zero-order chi connectivity index (χ0) is 18.6. The predicted molar refractivity (Wildman–Crippen MR) is 88.7 cm³/mol. The molecular weight excluding hydrogens is 345 g/mol. The minimum atomic E-state index is -4.17. The topological polar surface area (TPSA) is 46.3 Å². The van der Waals surface area contributed by atoms with Crippen molar-refractivity contribution in [3.05, 3.63) is 54.2 Å². The number of hydrogen-bond donors (Lipinski definition) is 0. The second-order valence-electron chi connectivity index (χ2n) is 6.73. The number of hydrogen-bond acceptors (Lipinski definition) is 3. The van der Waals surface area contributed by atoms with Gasteiger partial charge < -0.3 is 9.32 Å². The van der Waals surface area contributed by atoms with Crippen LogP contribution in [0.25, 0.3) is 0 Å². The third-order valence-corrected chi connectivity index (χ3v) is 4.87. The molecule has 0 radical (unpaired) electrons. The Hall–Kier alpha value is -2.31. The molecule has 3 rings (SSSR count). The lowest BCUT2D eigenvalue weighted by Gasteiger charge is -2.32. The summed E-state index contributed by atoms with van der Waals surface area (Å²) >= 11 is 0. The van der Waals surface area contributed by atoms with Crippen LogP contribution in [0.1, 0.15) is 37.0 Å². The molecule has 140 valence electrons. The van der Waals surface area contributed by atoms with Gasteiger partial charge in [0.05, 0.1) is 18.7 Å². The monoisotopic (exact) mass is 366 g/mol. The van der Waals surface area contributed by atoms with Gasteiger partial charge in [0.2, 0.25) is 5.91 Å². The lowest BCUT2D eigenvalue weighted by atomic mass is 9.81. The number of alkyl halides is 3. The van der Waals surface area contributed by atoms with Crippen LogP contribution >= 0.6 is 0 Å². The Morgan fingerprint density at radius 1 is 1.15 bits per heavy atom. The Morgan fingerprint density at radius 2 is 1.92 bits per heavy atom. The maximum atomic E-state index is 13.0. The van der Waals surface area contributed by atoms with Crippen molar-refractivity contribution in [1.29, 1.82) is 0 Å². The molecule has 2 heterocycles. The Labute approximate surface area is 150 Å². The van der Waals surface area contributed by atoms with Gasteiger partial charge in [0, 0.05) is 24.9 Å². The normalized spacial score (nSPS) is 20.7. The quantitative estimate of drug-likeness (QED) is 0.779. The van der Waals surface area contributed by atoms with E-state index in [4.69, 9.17) is 4.42 Å². The van der Waals surface area contributed by atoms with Gasteiger partial charge in [0.15, 0.2) is 0 Å². The van der Waals surface area contributed by atoms with Crippen molar-refractivity contribution in [2.75, 3.05) is 0 Å². The Morgan fingerprint density at radius 3 is 2.50 bits per heavy atom. The Bertz CT molecular complexity index is 693. The van der Waals surface area contributed by atoms with Crippen LogP contribution in [0.3, 0.4) is 0 Å². The molecule has 0 spiro atoms. The number of carbonyl (C=O) groups excluding carboxylic acids is 1. The average molecular weight is 366 g/mol. The zero-order valence-corrected chi connectivity index (χ0v) is 14.3. The van der Waals surface area contributed by atoms with Crippen LogP contribution in [0.2, 0.25) is 0 Å². The van der Waals surface area contributed by atoms with E-state index in [2.05, 4.69) is 4.98 Å². The first kappa shape index (κ1) is 18.5. The molecule has 0 saturated heterocycles. The molecule has 2 aromatic rings. The highest BCUT2D eigenvalue weighted by molar-refractivity contribution is 5.78. The first-order valence-corrected chi connectivity index (χ1v) is 8.70. The number of aromatic nitrogens is 1. The summed E-state index contributed by atoms with van der Waals surface area (Å²) in [5.41, 5.74) is 0.872. The van der Waals surface area contributed by atoms with Crippen LogP contribution < -0.4 is 0 Å². The fraction of sp³-hybridized carbons (Fsp3) is 0.474. The number of pyridine rings is 1. The summed E-state index contributed by atoms with van der Waals surface area (Å²) in [7, 11) is 0. The SMILES string of the molecule is O=C(C1CCC(C(F)(F)F)CC1)N(Cc1cccnc1)Cc1ccco1. The first-order chi connectivity index (χ1) is 12.4. The van der Waals surface area contributed by atoms with Crippen LogP contribution in [0.15, 0.2) is 47.3 Å². The zero-order valence-electron chi connectivity index (χ0n) is 14.3. The molecule has 4 nitrogen and oxygen atoms in total. The van der Waals surface area contributed by atoms with Crippen molar-refractivity contribution in [1.82, 2.24) is 9.88 Å². The fourth-order valence-corrected chi connectivity index (χ4v) is 3.44. The highest BCUT2D eigenvalue weighted by atomic mass is 19.4. The summed E-state index contributed by atoms with van der Waals surface area (Å²) in [6.07, 6.45) is 1.27. The van der Waals surface area contributed by atoms with Crippen LogP contribution in [0, 0.1) is 11.8 Å². The molecule has 0 N–H and O–H groups in total. The van der Waals surface area contributed by atoms with Crippen molar-refractivity contribution in [3.8, 4) is 0 Å². The number of amides is 1. The number of carbonyl (C=O) groups is 1. The lowest BCUT2D eigenvalue weighted by molar-refractivity contribution is -0.185. The van der Waals surface area contributed by atoms with E-state index in [0.29, 0.717) is 18.8 Å². The molecule has 0 aromatic carbocycles. The van der Waals surface area contributed by atoms with E-state index >= 15 is 0 Å². The highest BCUT2D eigenvalue weighted by Gasteiger charge is 2.43. The minimum absolute atomic E-state index is 0.0153. The number of halogens is 3. The molecule has 1 aliphatic rings. The van der Waals surface area contributed by atoms with E-state index in [0.717, 1.165) is 5.56 Å². The highest BCUT2D eigenvalue weighted by Crippen LogP contribution is 2.40. The summed E-state index contributed by atoms with van der Waals surface area (Å²) in [5, 5.41) is 0. The summed E-state index contributed by atoms with van der Waals surface area (Å²) in [6.45, 7) is 0.645. The molecule has 0 unspecified atom stereocenters. The molecule has 7 heteroatoms. The van der Waals surface area contributed by atoms with E-state index in [-0.39, 0.29) is 37.5 Å². The smallest absolute Gasteiger partial charge is 0.391 e. The molecule has 0 atom stereocenters. The van der Waals surface area contributed by atoms with E-state index < -0.39 is 12.1 Å². The van der Waals surface area contributed by atoms with Crippen molar-refractivity contribution in [2.24, 2.45) is 11.8 Å². The molecule has 1 saturated carbocycles. The molecule has 2 aromatic heterocycles. The molecule has 1 aliphatic carbocycles. The summed E-state index contributed by atoms with van der Waals surface area (Å²) < 4.78 is 43.9. The molecule has 0 aliphatic heterocycles. The van der Waals surface area contributed by atoms with Crippen LogP contribution in [0.4, 0.5) is 13.2 Å². The van der Waals surface area contributed by atoms with Crippen molar-refractivity contribution in [2.45, 2.75) is 44.9 Å². The van der Waals surface area contributed by atoms with Gasteiger partial charge in [0.25, 0.3) is 0 Å². The third kappa shape index (κ3) is 4.65. The van der Waals surface area contributed by atoms with Gasteiger partial charge in [-0.15, -0.1) is 0 Å². The maximum Gasteiger partial charge on any atom is 0.391 e. The summed E-state index contributed by atoms with van der Waals surface area (Å²) in [4.78, 5) is 18.7.